The Hall–Kier alpha value is -5.25. The second-order valence-electron chi connectivity index (χ2n) is 16.7. The van der Waals surface area contributed by atoms with Crippen molar-refractivity contribution >= 4 is 83.8 Å². The third-order valence-corrected chi connectivity index (χ3v) is 12.0. The van der Waals surface area contributed by atoms with Crippen molar-refractivity contribution in [1.29, 1.82) is 0 Å². The number of unbranched alkanes of at least 4 members (excludes halogenated alkanes) is 4. The molecule has 69 heavy (non-hydrogen) atoms. The van der Waals surface area contributed by atoms with Crippen molar-refractivity contribution in [3.05, 3.63) is 23.0 Å². The van der Waals surface area contributed by atoms with Gasteiger partial charge in [-0.05, 0) is 122 Å². The van der Waals surface area contributed by atoms with Crippen LogP contribution in [0.25, 0.3) is 0 Å². The summed E-state index contributed by atoms with van der Waals surface area (Å²) in [5.74, 6) is -8.72. The molecular weight excluding hydrogens is 939 g/mol. The molecule has 1 aromatic rings. The Labute approximate surface area is 412 Å². The van der Waals surface area contributed by atoms with Crippen LogP contribution in [-0.2, 0) is 43.2 Å². The van der Waals surface area contributed by atoms with Gasteiger partial charge in [0.25, 0.3) is 5.91 Å². The van der Waals surface area contributed by atoms with Crippen LogP contribution >= 0.6 is 24.8 Å². The number of rotatable bonds is 34. The average molecular weight is 1010 g/mol. The zero-order valence-electron chi connectivity index (χ0n) is 39.0. The summed E-state index contributed by atoms with van der Waals surface area (Å²) in [5.41, 5.74) is 28.8. The number of aromatic amines is 1. The normalized spacial score (nSPS) is 15.9. The molecule has 2 rings (SSSR count). The second kappa shape index (κ2) is 32.5. The molecule has 6 unspecified atom stereocenters. The molecule has 18 N–H and O–H groups in total. The number of nitrogens with one attached hydrogen (secondary N) is 6. The second-order valence-corrected chi connectivity index (χ2v) is 17.5. The van der Waals surface area contributed by atoms with Crippen LogP contribution in [0.3, 0.4) is 0 Å². The summed E-state index contributed by atoms with van der Waals surface area (Å²) in [6, 6.07) is -6.01. The number of thiol groups is 1. The van der Waals surface area contributed by atoms with Crippen LogP contribution < -0.4 is 60.2 Å². The first-order valence-corrected chi connectivity index (χ1v) is 24.4. The Morgan fingerprint density at radius 1 is 0.754 bits per heavy atom. The van der Waals surface area contributed by atoms with Crippen LogP contribution in [0.5, 0.6) is 0 Å². The van der Waals surface area contributed by atoms with Gasteiger partial charge in [-0.2, -0.15) is 12.6 Å². The maximum Gasteiger partial charge on any atom is 0.327 e. The number of anilines is 1. The molecule has 1 saturated heterocycles. The fraction of sp³-hybridized carbons (Fsp3) is 0.674. The molecule has 0 aromatic carbocycles. The molecule has 7 atom stereocenters. The van der Waals surface area contributed by atoms with Crippen molar-refractivity contribution in [3.8, 4) is 0 Å². The lowest BCUT2D eigenvalue weighted by atomic mass is 10.0. The van der Waals surface area contributed by atoms with Crippen molar-refractivity contribution in [2.45, 2.75) is 139 Å². The molecule has 0 saturated carbocycles. The van der Waals surface area contributed by atoms with E-state index in [0.717, 1.165) is 4.90 Å². The van der Waals surface area contributed by atoms with Crippen molar-refractivity contribution < 1.29 is 53.4 Å². The van der Waals surface area contributed by atoms with Crippen molar-refractivity contribution in [1.82, 2.24) is 36.5 Å². The van der Waals surface area contributed by atoms with Gasteiger partial charge in [-0.25, -0.2) is 4.79 Å². The van der Waals surface area contributed by atoms with Gasteiger partial charge in [0.2, 0.25) is 35.4 Å². The number of nitrogens with zero attached hydrogens (tertiary/aromatic N) is 2. The van der Waals surface area contributed by atoms with Crippen LogP contribution in [0.1, 0.15) is 96.3 Å². The highest BCUT2D eigenvalue weighted by atomic mass is 32.1. The Bertz CT molecular complexity index is 1930. The van der Waals surface area contributed by atoms with Gasteiger partial charge >= 0.3 is 11.9 Å². The summed E-state index contributed by atoms with van der Waals surface area (Å²) >= 11 is 9.33. The quantitative estimate of drug-likeness (QED) is 0.0198. The monoisotopic (exact) mass is 1010 g/mol. The van der Waals surface area contributed by atoms with Gasteiger partial charge in [0.15, 0.2) is 0 Å². The molecule has 1 fully saturated rings. The molecule has 0 spiro atoms. The minimum atomic E-state index is -1.81. The van der Waals surface area contributed by atoms with E-state index in [-0.39, 0.29) is 42.6 Å². The number of pyridine rings is 1. The van der Waals surface area contributed by atoms with Gasteiger partial charge in [-0.1, -0.05) is 18.6 Å². The van der Waals surface area contributed by atoms with Crippen LogP contribution in [0, 0.1) is 4.64 Å². The van der Waals surface area contributed by atoms with Crippen LogP contribution in [0.2, 0.25) is 0 Å². The van der Waals surface area contributed by atoms with E-state index in [1.54, 1.807) is 0 Å². The van der Waals surface area contributed by atoms with E-state index in [0.29, 0.717) is 90.4 Å². The summed E-state index contributed by atoms with van der Waals surface area (Å²) < 4.78 is -0.0473. The number of carboxylic acids is 2. The topological polar surface area (TPSA) is 407 Å². The van der Waals surface area contributed by atoms with E-state index in [2.05, 4.69) is 44.2 Å². The van der Waals surface area contributed by atoms with Crippen LogP contribution in [0.4, 0.5) is 5.69 Å². The largest absolute Gasteiger partial charge is 0.481 e. The van der Waals surface area contributed by atoms with E-state index in [4.69, 9.17) is 40.9 Å². The Morgan fingerprint density at radius 3 is 1.78 bits per heavy atom. The predicted octanol–water partition coefficient (Wildman–Crippen LogP) is -2.18. The van der Waals surface area contributed by atoms with Gasteiger partial charge < -0.3 is 75.3 Å². The first-order chi connectivity index (χ1) is 32.9. The fourth-order valence-corrected chi connectivity index (χ4v) is 8.18. The number of carbonyl (C=O) groups excluding carboxylic acids is 7. The van der Waals surface area contributed by atoms with E-state index in [1.165, 1.54) is 23.2 Å². The molecule has 0 aliphatic carbocycles. The zero-order valence-corrected chi connectivity index (χ0v) is 40.7. The highest BCUT2D eigenvalue weighted by molar-refractivity contribution is 7.80. The van der Waals surface area contributed by atoms with Crippen molar-refractivity contribution in [2.75, 3.05) is 49.9 Å². The minimum absolute atomic E-state index is 0.0473. The molecule has 0 bridgehead atoms. The summed E-state index contributed by atoms with van der Waals surface area (Å²) in [7, 11) is 0. The molecule has 7 amide bonds. The standard InChI is InChI=1S/C43H73N13O11S2/c44-17-5-1-11-26(48)36(60)52-27(12-2-6-18-45)37(61)53-28(13-3-7-19-46)38(62)54-29(14-4-8-20-47)41(64)55-22-10-16-31(55)39(63)50-24-34(57)51-30(23-35(58)59)42(65)56(33(25-68)43(66)67)32-15-9-21-49-40(32)69/h9,15,21,26-31,33,68H,1-8,10-14,16-20,22-25,44-48H2,(H,49,69)(H,50,63)(H,51,57)(H,52,60)(H,53,61)(H,54,62)(H,58,59)(H,66,67)/t26?,27?,28?,29?,30?,31?,33-/m1/s1. The maximum absolute atomic E-state index is 14.3. The maximum atomic E-state index is 14.3. The first-order valence-electron chi connectivity index (χ1n) is 23.4. The predicted molar refractivity (Wildman–Crippen MR) is 262 cm³/mol. The SMILES string of the molecule is NCCCCC(N)C(=O)NC(CCCCN)C(=O)NC(CCCCN)C(=O)NC(CCCCN)C(=O)N1CCCC1C(=O)NCC(=O)NC(CC(=O)O)C(=O)N(c1ccc[nH]c1=S)[C@H](CS)C(=O)O. The molecule has 388 valence electrons. The molecule has 1 aliphatic heterocycles. The Kier molecular flexibility index (Phi) is 28.2. The number of aliphatic carboxylic acids is 2. The average Bonchev–Trinajstić information content (AvgIpc) is 3.81. The lowest BCUT2D eigenvalue weighted by Gasteiger charge is -2.31. The highest BCUT2D eigenvalue weighted by Crippen LogP contribution is 2.22. The Balaban J connectivity index is 2.29. The summed E-state index contributed by atoms with van der Waals surface area (Å²) in [6.45, 7) is 0.754. The number of nitrogens with two attached hydrogens (primary N) is 5. The molecular formula is C43H73N13O11S2. The molecule has 2 heterocycles. The van der Waals surface area contributed by atoms with Gasteiger partial charge in [0, 0.05) is 18.5 Å². The van der Waals surface area contributed by atoms with Gasteiger partial charge in [-0.3, -0.25) is 43.3 Å². The molecule has 0 radical (unpaired) electrons. The Morgan fingerprint density at radius 2 is 1.28 bits per heavy atom. The number of hydrogen-bond donors (Lipinski definition) is 14. The van der Waals surface area contributed by atoms with E-state index < -0.39 is 114 Å². The summed E-state index contributed by atoms with van der Waals surface area (Å²) in [6.07, 6.45) is 6.10. The molecule has 1 aromatic heterocycles. The summed E-state index contributed by atoms with van der Waals surface area (Å²) in [5, 5.41) is 32.5. The van der Waals surface area contributed by atoms with Crippen molar-refractivity contribution in [2.24, 2.45) is 28.7 Å². The zero-order chi connectivity index (χ0) is 51.5. The molecule has 1 aliphatic rings. The van der Waals surface area contributed by atoms with Gasteiger partial charge in [0.05, 0.1) is 24.7 Å². The lowest BCUT2D eigenvalue weighted by molar-refractivity contribution is -0.142. The number of H-pyrrole nitrogens is 1. The minimum Gasteiger partial charge on any atom is -0.481 e. The third-order valence-electron chi connectivity index (χ3n) is 11.4. The first kappa shape index (κ1) is 59.9. The number of aromatic nitrogens is 1. The number of carboxylic acid groups (broad SMARTS) is 2. The molecule has 24 nitrogen and oxygen atoms in total. The lowest BCUT2D eigenvalue weighted by Crippen LogP contribution is -2.59. The van der Waals surface area contributed by atoms with Gasteiger partial charge in [0.1, 0.15) is 40.9 Å². The van der Waals surface area contributed by atoms with Gasteiger partial charge in [-0.15, -0.1) is 0 Å². The van der Waals surface area contributed by atoms with Crippen LogP contribution in [-0.4, -0.2) is 161 Å². The molecule has 26 heteroatoms. The number of likely N-dealkylation sites (tertiary alicyclic amines) is 1. The fourth-order valence-electron chi connectivity index (χ4n) is 7.63. The number of amides is 7. The van der Waals surface area contributed by atoms with Crippen LogP contribution in [0.15, 0.2) is 18.3 Å². The number of hydrogen-bond acceptors (Lipinski definition) is 16. The van der Waals surface area contributed by atoms with E-state index >= 15 is 0 Å². The number of carbonyl (C=O) groups is 9. The van der Waals surface area contributed by atoms with Crippen molar-refractivity contribution in [3.63, 3.8) is 0 Å². The third kappa shape index (κ3) is 20.3. The van der Waals surface area contributed by atoms with E-state index in [9.17, 15) is 53.4 Å². The highest BCUT2D eigenvalue weighted by Gasteiger charge is 2.40. The smallest absolute Gasteiger partial charge is 0.327 e. The summed E-state index contributed by atoms with van der Waals surface area (Å²) in [4.78, 5) is 125. The van der Waals surface area contributed by atoms with E-state index in [1.807, 2.05) is 0 Å².